The Balaban J connectivity index is 1.73. The van der Waals surface area contributed by atoms with E-state index in [-0.39, 0.29) is 16.5 Å². The molecule has 3 rings (SSSR count). The van der Waals surface area contributed by atoms with E-state index >= 15 is 0 Å². The monoisotopic (exact) mass is 393 g/mol. The summed E-state index contributed by atoms with van der Waals surface area (Å²) in [5.41, 5.74) is 1.85. The average molecular weight is 394 g/mol. The molecular weight excluding hydrogens is 377 g/mol. The number of benzene rings is 2. The maximum absolute atomic E-state index is 13.3. The lowest BCUT2D eigenvalue weighted by Gasteiger charge is -2.16. The first-order valence-electron chi connectivity index (χ1n) is 7.83. The minimum absolute atomic E-state index is 0.0527. The van der Waals surface area contributed by atoms with Crippen molar-refractivity contribution in [3.63, 3.8) is 0 Å². The van der Waals surface area contributed by atoms with E-state index in [4.69, 9.17) is 11.6 Å². The van der Waals surface area contributed by atoms with Crippen molar-refractivity contribution in [3.8, 4) is 0 Å². The van der Waals surface area contributed by atoms with Crippen LogP contribution in [0.1, 0.15) is 11.1 Å². The van der Waals surface area contributed by atoms with E-state index in [1.165, 1.54) is 17.4 Å². The van der Waals surface area contributed by atoms with Gasteiger partial charge in [0.25, 0.3) is 0 Å². The van der Waals surface area contributed by atoms with Crippen LogP contribution in [-0.2, 0) is 23.1 Å². The van der Waals surface area contributed by atoms with Crippen LogP contribution in [0.25, 0.3) is 0 Å². The number of halogens is 2. The Labute approximate surface area is 156 Å². The molecule has 0 atom stereocenters. The molecule has 2 aromatic carbocycles. The second-order valence-corrected chi connectivity index (χ2v) is 8.32. The van der Waals surface area contributed by atoms with Crippen molar-refractivity contribution >= 4 is 21.6 Å². The lowest BCUT2D eigenvalue weighted by atomic mass is 10.2. The Kier molecular flexibility index (Phi) is 5.41. The summed E-state index contributed by atoms with van der Waals surface area (Å²) in [6, 6.07) is 13.2. The number of hydrogen-bond acceptors (Lipinski definition) is 3. The van der Waals surface area contributed by atoms with Crippen molar-refractivity contribution in [2.45, 2.75) is 18.0 Å². The van der Waals surface area contributed by atoms with Crippen LogP contribution < -0.4 is 0 Å². The number of sulfonamides is 1. The van der Waals surface area contributed by atoms with E-state index in [0.717, 1.165) is 23.3 Å². The highest BCUT2D eigenvalue weighted by atomic mass is 35.5. The fourth-order valence-corrected chi connectivity index (χ4v) is 3.94. The summed E-state index contributed by atoms with van der Waals surface area (Å²) >= 11 is 5.69. The van der Waals surface area contributed by atoms with E-state index in [0.29, 0.717) is 6.54 Å². The third-order valence-electron chi connectivity index (χ3n) is 3.88. The second-order valence-electron chi connectivity index (χ2n) is 5.87. The number of aromatic nitrogens is 2. The molecule has 5 nitrogen and oxygen atoms in total. The largest absolute Gasteiger partial charge is 0.268 e. The van der Waals surface area contributed by atoms with Gasteiger partial charge in [0.2, 0.25) is 10.0 Å². The van der Waals surface area contributed by atoms with E-state index in [2.05, 4.69) is 5.10 Å². The molecule has 0 unspecified atom stereocenters. The number of hydrogen-bond donors (Lipinski definition) is 0. The normalized spacial score (nSPS) is 11.8. The molecule has 0 aliphatic heterocycles. The van der Waals surface area contributed by atoms with Gasteiger partial charge in [-0.05, 0) is 23.8 Å². The molecular formula is C18H17ClFN3O2S. The van der Waals surface area contributed by atoms with Gasteiger partial charge in [0.15, 0.2) is 0 Å². The van der Waals surface area contributed by atoms with E-state index in [9.17, 15) is 12.8 Å². The van der Waals surface area contributed by atoms with Crippen LogP contribution in [-0.4, -0.2) is 29.6 Å². The quantitative estimate of drug-likeness (QED) is 0.643. The second kappa shape index (κ2) is 7.57. The van der Waals surface area contributed by atoms with Crippen molar-refractivity contribution < 1.29 is 12.8 Å². The summed E-state index contributed by atoms with van der Waals surface area (Å²) in [6.07, 6.45) is 3.43. The van der Waals surface area contributed by atoms with Gasteiger partial charge in [-0.2, -0.15) is 9.40 Å². The van der Waals surface area contributed by atoms with Gasteiger partial charge in [-0.25, -0.2) is 12.8 Å². The minimum Gasteiger partial charge on any atom is -0.268 e. The average Bonchev–Trinajstić information content (AvgIpc) is 3.05. The highest BCUT2D eigenvalue weighted by molar-refractivity contribution is 7.89. The Morgan fingerprint density at radius 1 is 1.15 bits per heavy atom. The Bertz CT molecular complexity index is 1010. The zero-order valence-electron chi connectivity index (χ0n) is 14.0. The van der Waals surface area contributed by atoms with Crippen LogP contribution >= 0.6 is 11.6 Å². The van der Waals surface area contributed by atoms with E-state index in [1.54, 1.807) is 17.1 Å². The summed E-state index contributed by atoms with van der Waals surface area (Å²) in [4.78, 5) is -0.0527. The van der Waals surface area contributed by atoms with Crippen LogP contribution in [0.2, 0.25) is 5.02 Å². The highest BCUT2D eigenvalue weighted by Gasteiger charge is 2.22. The predicted octanol–water partition coefficient (Wildman–Crippen LogP) is 3.54. The van der Waals surface area contributed by atoms with E-state index < -0.39 is 15.8 Å². The molecule has 0 aliphatic rings. The SMILES string of the molecule is CN(Cc1cnn(Cc2ccccc2)c1)S(=O)(=O)c1ccc(F)c(Cl)c1. The van der Waals surface area contributed by atoms with Crippen LogP contribution in [0.3, 0.4) is 0 Å². The molecule has 0 saturated carbocycles. The smallest absolute Gasteiger partial charge is 0.243 e. The molecule has 0 bridgehead atoms. The lowest BCUT2D eigenvalue weighted by molar-refractivity contribution is 0.466. The summed E-state index contributed by atoms with van der Waals surface area (Å²) in [5, 5.41) is 4.04. The van der Waals surface area contributed by atoms with Crippen molar-refractivity contribution in [2.75, 3.05) is 7.05 Å². The highest BCUT2D eigenvalue weighted by Crippen LogP contribution is 2.22. The molecule has 0 amide bonds. The first-order valence-corrected chi connectivity index (χ1v) is 9.65. The van der Waals surface area contributed by atoms with Gasteiger partial charge >= 0.3 is 0 Å². The first kappa shape index (κ1) is 18.6. The van der Waals surface area contributed by atoms with Crippen LogP contribution in [0.4, 0.5) is 4.39 Å². The zero-order valence-corrected chi connectivity index (χ0v) is 15.6. The molecule has 0 spiro atoms. The van der Waals surface area contributed by atoms with Gasteiger partial charge < -0.3 is 0 Å². The third-order valence-corrected chi connectivity index (χ3v) is 5.97. The molecule has 0 saturated heterocycles. The molecule has 26 heavy (non-hydrogen) atoms. The van der Waals surface area contributed by atoms with E-state index in [1.807, 2.05) is 30.3 Å². The van der Waals surface area contributed by atoms with Crippen LogP contribution in [0, 0.1) is 5.82 Å². The molecule has 1 heterocycles. The Morgan fingerprint density at radius 2 is 1.88 bits per heavy atom. The minimum atomic E-state index is -3.78. The third kappa shape index (κ3) is 4.12. The number of nitrogens with zero attached hydrogens (tertiary/aromatic N) is 3. The molecule has 1 aromatic heterocycles. The van der Waals surface area contributed by atoms with Crippen LogP contribution in [0.15, 0.2) is 65.8 Å². The molecule has 136 valence electrons. The Hall–Kier alpha value is -2.22. The molecule has 0 radical (unpaired) electrons. The topological polar surface area (TPSA) is 55.2 Å². The van der Waals surface area contributed by atoms with Gasteiger partial charge in [0.1, 0.15) is 5.82 Å². The van der Waals surface area contributed by atoms with Crippen molar-refractivity contribution in [3.05, 3.63) is 82.9 Å². The molecule has 0 fully saturated rings. The van der Waals surface area contributed by atoms with Gasteiger partial charge in [0.05, 0.1) is 22.7 Å². The molecule has 0 N–H and O–H groups in total. The summed E-state index contributed by atoms with van der Waals surface area (Å²) in [6.45, 7) is 0.747. The molecule has 8 heteroatoms. The van der Waals surface area contributed by atoms with Gasteiger partial charge in [0, 0.05) is 25.4 Å². The van der Waals surface area contributed by atoms with Gasteiger partial charge in [-0.3, -0.25) is 4.68 Å². The van der Waals surface area contributed by atoms with Gasteiger partial charge in [-0.1, -0.05) is 41.9 Å². The van der Waals surface area contributed by atoms with Gasteiger partial charge in [-0.15, -0.1) is 0 Å². The van der Waals surface area contributed by atoms with Crippen molar-refractivity contribution in [1.82, 2.24) is 14.1 Å². The summed E-state index contributed by atoms with van der Waals surface area (Å²) < 4.78 is 41.4. The maximum Gasteiger partial charge on any atom is 0.243 e. The van der Waals surface area contributed by atoms with Crippen molar-refractivity contribution in [1.29, 1.82) is 0 Å². The first-order chi connectivity index (χ1) is 12.4. The summed E-state index contributed by atoms with van der Waals surface area (Å²) in [7, 11) is -2.32. The number of rotatable bonds is 6. The van der Waals surface area contributed by atoms with Crippen LogP contribution in [0.5, 0.6) is 0 Å². The molecule has 0 aliphatic carbocycles. The fraction of sp³-hybridized carbons (Fsp3) is 0.167. The van der Waals surface area contributed by atoms with Crippen molar-refractivity contribution in [2.24, 2.45) is 0 Å². The summed E-state index contributed by atoms with van der Waals surface area (Å²) in [5.74, 6) is -0.657. The predicted molar refractivity (Wildman–Crippen MR) is 97.8 cm³/mol. The molecule has 3 aromatic rings. The standard InChI is InChI=1S/C18H17ClFN3O2S/c1-22(26(24,25)16-7-8-18(20)17(19)9-16)11-15-10-21-23(13-15)12-14-5-3-2-4-6-14/h2-10,13H,11-12H2,1H3. The fourth-order valence-electron chi connectivity index (χ4n) is 2.50. The lowest BCUT2D eigenvalue weighted by Crippen LogP contribution is -2.26. The maximum atomic E-state index is 13.3. The zero-order chi connectivity index (χ0) is 18.7. The Morgan fingerprint density at radius 3 is 2.58 bits per heavy atom.